The third-order valence-corrected chi connectivity index (χ3v) is 8.15. The van der Waals surface area contributed by atoms with E-state index in [0.717, 1.165) is 23.1 Å². The number of benzene rings is 2. The van der Waals surface area contributed by atoms with Crippen LogP contribution in [0.15, 0.2) is 47.5 Å². The smallest absolute Gasteiger partial charge is 0.229 e. The van der Waals surface area contributed by atoms with Crippen molar-refractivity contribution in [1.29, 1.82) is 0 Å². The van der Waals surface area contributed by atoms with E-state index in [0.29, 0.717) is 35.3 Å². The Kier molecular flexibility index (Phi) is 7.00. The summed E-state index contributed by atoms with van der Waals surface area (Å²) < 4.78 is 31.7. The Morgan fingerprint density at radius 2 is 1.83 bits per heavy atom. The number of rotatable bonds is 8. The van der Waals surface area contributed by atoms with Gasteiger partial charge >= 0.3 is 0 Å². The molecule has 1 aromatic heterocycles. The Bertz CT molecular complexity index is 1340. The largest absolute Gasteiger partial charge is 0.489 e. The fourth-order valence-electron chi connectivity index (χ4n) is 4.01. The summed E-state index contributed by atoms with van der Waals surface area (Å²) in [5.74, 6) is 1.48. The second kappa shape index (κ2) is 9.83. The molecule has 1 aliphatic carbocycles. The summed E-state index contributed by atoms with van der Waals surface area (Å²) in [5.41, 5.74) is 3.83. The van der Waals surface area contributed by atoms with E-state index >= 15 is 0 Å². The van der Waals surface area contributed by atoms with Gasteiger partial charge in [0.2, 0.25) is 5.95 Å². The van der Waals surface area contributed by atoms with E-state index in [1.807, 2.05) is 32.9 Å². The molecular formula is C26H32N4O4S. The average Bonchev–Trinajstić information content (AvgIpc) is 3.15. The van der Waals surface area contributed by atoms with Gasteiger partial charge in [-0.05, 0) is 82.9 Å². The maximum absolute atomic E-state index is 12.9. The summed E-state index contributed by atoms with van der Waals surface area (Å²) >= 11 is 0. The predicted octanol–water partition coefficient (Wildman–Crippen LogP) is 5.22. The SMILES string of the molecule is Cc1cnc(Nc2cc3c(cc2OC(C)C)CCC3O)nc1Nc1ccccc1S(=O)(=O)C(C)C. The zero-order chi connectivity index (χ0) is 25.3. The number of aliphatic hydroxyl groups excluding tert-OH is 1. The minimum Gasteiger partial charge on any atom is -0.489 e. The molecule has 0 amide bonds. The van der Waals surface area contributed by atoms with Gasteiger partial charge in [-0.15, -0.1) is 0 Å². The van der Waals surface area contributed by atoms with Gasteiger partial charge in [0.1, 0.15) is 11.6 Å². The van der Waals surface area contributed by atoms with Crippen LogP contribution in [0.1, 0.15) is 56.9 Å². The maximum Gasteiger partial charge on any atom is 0.229 e. The zero-order valence-electron chi connectivity index (χ0n) is 20.7. The molecule has 1 unspecified atom stereocenters. The van der Waals surface area contributed by atoms with Crippen LogP contribution < -0.4 is 15.4 Å². The monoisotopic (exact) mass is 496 g/mol. The molecule has 9 heteroatoms. The Morgan fingerprint density at radius 1 is 1.09 bits per heavy atom. The summed E-state index contributed by atoms with van der Waals surface area (Å²) in [4.78, 5) is 9.25. The van der Waals surface area contributed by atoms with Gasteiger partial charge in [0.15, 0.2) is 9.84 Å². The highest BCUT2D eigenvalue weighted by Gasteiger charge is 2.25. The summed E-state index contributed by atoms with van der Waals surface area (Å²) in [7, 11) is -3.49. The van der Waals surface area contributed by atoms with Gasteiger partial charge in [0, 0.05) is 11.8 Å². The van der Waals surface area contributed by atoms with E-state index in [9.17, 15) is 13.5 Å². The fourth-order valence-corrected chi connectivity index (χ4v) is 5.21. The number of aromatic nitrogens is 2. The quantitative estimate of drug-likeness (QED) is 0.389. The third-order valence-electron chi connectivity index (χ3n) is 5.94. The normalized spacial score (nSPS) is 15.4. The highest BCUT2D eigenvalue weighted by atomic mass is 32.2. The standard InChI is InChI=1S/C26H32N4O4S/c1-15(2)34-23-12-18-10-11-22(31)19(18)13-21(23)29-26-27-14-17(5)25(30-26)28-20-8-6-7-9-24(20)35(32,33)16(3)4/h6-9,12-16,22,31H,10-11H2,1-5H3,(H2,27,28,29,30). The first-order valence-corrected chi connectivity index (χ1v) is 13.3. The van der Waals surface area contributed by atoms with Gasteiger partial charge in [-0.2, -0.15) is 4.98 Å². The third kappa shape index (κ3) is 5.26. The van der Waals surface area contributed by atoms with Crippen LogP contribution in [0, 0.1) is 6.92 Å². The molecule has 3 aromatic rings. The first-order chi connectivity index (χ1) is 16.6. The molecule has 0 fully saturated rings. The fraction of sp³-hybridized carbons (Fsp3) is 0.385. The lowest BCUT2D eigenvalue weighted by Crippen LogP contribution is -2.16. The Morgan fingerprint density at radius 3 is 2.54 bits per heavy atom. The first kappa shape index (κ1) is 24.9. The van der Waals surface area contributed by atoms with Crippen molar-refractivity contribution >= 4 is 33.0 Å². The number of sulfone groups is 1. The van der Waals surface area contributed by atoms with Gasteiger partial charge in [0.25, 0.3) is 0 Å². The van der Waals surface area contributed by atoms with Crippen LogP contribution in [0.5, 0.6) is 5.75 Å². The second-order valence-corrected chi connectivity index (χ2v) is 11.8. The van der Waals surface area contributed by atoms with Crippen molar-refractivity contribution in [2.45, 2.75) is 69.8 Å². The van der Waals surface area contributed by atoms with Crippen LogP contribution in [0.3, 0.4) is 0 Å². The van der Waals surface area contributed by atoms with Crippen molar-refractivity contribution < 1.29 is 18.3 Å². The molecule has 3 N–H and O–H groups in total. The number of aliphatic hydroxyl groups is 1. The lowest BCUT2D eigenvalue weighted by atomic mass is 10.1. The van der Waals surface area contributed by atoms with E-state index in [4.69, 9.17) is 4.74 Å². The highest BCUT2D eigenvalue weighted by molar-refractivity contribution is 7.92. The second-order valence-electron chi connectivity index (χ2n) is 9.33. The maximum atomic E-state index is 12.9. The van der Waals surface area contributed by atoms with E-state index in [1.54, 1.807) is 44.3 Å². The van der Waals surface area contributed by atoms with Crippen molar-refractivity contribution in [3.8, 4) is 5.75 Å². The lowest BCUT2D eigenvalue weighted by Gasteiger charge is -2.18. The average molecular weight is 497 g/mol. The van der Waals surface area contributed by atoms with Crippen LogP contribution in [0.4, 0.5) is 23.1 Å². The number of aryl methyl sites for hydroxylation is 2. The number of ether oxygens (including phenoxy) is 1. The van der Waals surface area contributed by atoms with Gasteiger partial charge in [-0.3, -0.25) is 0 Å². The van der Waals surface area contributed by atoms with E-state index in [1.165, 1.54) is 0 Å². The van der Waals surface area contributed by atoms with E-state index in [2.05, 4.69) is 20.6 Å². The van der Waals surface area contributed by atoms with Gasteiger partial charge in [0.05, 0.1) is 33.7 Å². The van der Waals surface area contributed by atoms with Crippen LogP contribution in [0.2, 0.25) is 0 Å². The van der Waals surface area contributed by atoms with E-state index < -0.39 is 21.2 Å². The molecule has 0 bridgehead atoms. The molecule has 1 heterocycles. The number of hydrogen-bond acceptors (Lipinski definition) is 8. The molecule has 0 saturated heterocycles. The molecule has 0 radical (unpaired) electrons. The Labute approximate surface area is 206 Å². The zero-order valence-corrected chi connectivity index (χ0v) is 21.5. The number of anilines is 4. The van der Waals surface area contributed by atoms with Crippen LogP contribution in [0.25, 0.3) is 0 Å². The molecule has 186 valence electrons. The minimum atomic E-state index is -3.49. The number of fused-ring (bicyclic) bond motifs is 1. The van der Waals surface area contributed by atoms with Crippen molar-refractivity contribution in [3.63, 3.8) is 0 Å². The molecule has 1 atom stereocenters. The molecule has 35 heavy (non-hydrogen) atoms. The topological polar surface area (TPSA) is 113 Å². The Hall–Kier alpha value is -3.17. The summed E-state index contributed by atoms with van der Waals surface area (Å²) in [5, 5.41) is 16.2. The number of nitrogens with zero attached hydrogens (tertiary/aromatic N) is 2. The van der Waals surface area contributed by atoms with Gasteiger partial charge in [-0.25, -0.2) is 13.4 Å². The summed E-state index contributed by atoms with van der Waals surface area (Å²) in [6, 6.07) is 10.7. The molecule has 0 saturated carbocycles. The van der Waals surface area contributed by atoms with Crippen molar-refractivity contribution in [1.82, 2.24) is 9.97 Å². The summed E-state index contributed by atoms with van der Waals surface area (Å²) in [6.45, 7) is 9.09. The molecule has 2 aromatic carbocycles. The van der Waals surface area contributed by atoms with Crippen molar-refractivity contribution in [3.05, 3.63) is 59.3 Å². The van der Waals surface area contributed by atoms with Gasteiger partial charge < -0.3 is 20.5 Å². The van der Waals surface area contributed by atoms with Crippen molar-refractivity contribution in [2.75, 3.05) is 10.6 Å². The first-order valence-electron chi connectivity index (χ1n) is 11.8. The minimum absolute atomic E-state index is 0.0319. The predicted molar refractivity (Wildman–Crippen MR) is 138 cm³/mol. The highest BCUT2D eigenvalue weighted by Crippen LogP contribution is 2.39. The summed E-state index contributed by atoms with van der Waals surface area (Å²) in [6.07, 6.45) is 2.62. The Balaban J connectivity index is 1.68. The molecule has 4 rings (SSSR count). The molecular weight excluding hydrogens is 464 g/mol. The van der Waals surface area contributed by atoms with Crippen LogP contribution >= 0.6 is 0 Å². The van der Waals surface area contributed by atoms with Crippen LogP contribution in [-0.2, 0) is 16.3 Å². The lowest BCUT2D eigenvalue weighted by molar-refractivity contribution is 0.180. The van der Waals surface area contributed by atoms with E-state index in [-0.39, 0.29) is 11.0 Å². The van der Waals surface area contributed by atoms with Crippen molar-refractivity contribution in [2.24, 2.45) is 0 Å². The molecule has 0 spiro atoms. The molecule has 8 nitrogen and oxygen atoms in total. The number of nitrogens with one attached hydrogen (secondary N) is 2. The number of hydrogen-bond donors (Lipinski definition) is 3. The molecule has 0 aliphatic heterocycles. The van der Waals surface area contributed by atoms with Gasteiger partial charge in [-0.1, -0.05) is 12.1 Å². The molecule has 1 aliphatic rings. The van der Waals surface area contributed by atoms with Crippen LogP contribution in [-0.4, -0.2) is 34.8 Å². The number of para-hydroxylation sites is 1.